The molecule has 0 amide bonds. The Hall–Kier alpha value is -0.603. The van der Waals surface area contributed by atoms with Gasteiger partial charge in [0, 0.05) is 16.8 Å². The molecule has 0 spiro atoms. The molecule has 16 heavy (non-hydrogen) atoms. The van der Waals surface area contributed by atoms with Crippen LogP contribution in [0.15, 0.2) is 24.3 Å². The van der Waals surface area contributed by atoms with E-state index in [2.05, 4.69) is 31.2 Å². The molecular formula is C14H22OSi. The summed E-state index contributed by atoms with van der Waals surface area (Å²) in [6.45, 7) is 3.17. The average molecular weight is 234 g/mol. The van der Waals surface area contributed by atoms with Crippen LogP contribution in [-0.2, 0) is 16.4 Å². The minimum absolute atomic E-state index is 0.100. The summed E-state index contributed by atoms with van der Waals surface area (Å²) in [4.78, 5) is 0. The van der Waals surface area contributed by atoms with Crippen LogP contribution in [0.4, 0.5) is 0 Å². The van der Waals surface area contributed by atoms with Crippen LogP contribution in [0.5, 0.6) is 0 Å². The highest BCUT2D eigenvalue weighted by Gasteiger charge is 2.29. The van der Waals surface area contributed by atoms with E-state index in [-0.39, 0.29) is 5.22 Å². The minimum Gasteiger partial charge on any atom is -0.375 e. The van der Waals surface area contributed by atoms with Crippen LogP contribution in [-0.4, -0.2) is 16.8 Å². The van der Waals surface area contributed by atoms with E-state index in [4.69, 9.17) is 4.74 Å². The second-order valence-corrected chi connectivity index (χ2v) is 6.60. The molecule has 1 fully saturated rings. The second kappa shape index (κ2) is 5.15. The number of hydrogen-bond donors (Lipinski definition) is 0. The third-order valence-electron chi connectivity index (χ3n) is 3.57. The van der Waals surface area contributed by atoms with Gasteiger partial charge in [0.1, 0.15) is 0 Å². The molecule has 1 saturated heterocycles. The maximum atomic E-state index is 6.01. The lowest BCUT2D eigenvalue weighted by atomic mass is 9.98. The van der Waals surface area contributed by atoms with E-state index >= 15 is 0 Å². The molecule has 0 aliphatic carbocycles. The van der Waals surface area contributed by atoms with E-state index in [1.807, 2.05) is 0 Å². The zero-order valence-corrected chi connectivity index (χ0v) is 12.5. The molecule has 0 saturated carbocycles. The fourth-order valence-corrected chi connectivity index (χ4v) is 3.37. The van der Waals surface area contributed by atoms with Gasteiger partial charge in [0.05, 0.1) is 5.22 Å². The Morgan fingerprint density at radius 3 is 2.56 bits per heavy atom. The Kier molecular flexibility index (Phi) is 3.82. The van der Waals surface area contributed by atoms with Crippen LogP contribution in [0.25, 0.3) is 0 Å². The van der Waals surface area contributed by atoms with Crippen LogP contribution in [0.3, 0.4) is 0 Å². The zero-order chi connectivity index (χ0) is 11.4. The summed E-state index contributed by atoms with van der Waals surface area (Å²) in [7, 11) is 1.10. The van der Waals surface area contributed by atoms with Crippen molar-refractivity contribution in [3.63, 3.8) is 0 Å². The molecule has 0 bridgehead atoms. The van der Waals surface area contributed by atoms with Crippen molar-refractivity contribution < 1.29 is 4.74 Å². The zero-order valence-electron chi connectivity index (χ0n) is 10.5. The van der Waals surface area contributed by atoms with Gasteiger partial charge in [0.25, 0.3) is 0 Å². The summed E-state index contributed by atoms with van der Waals surface area (Å²) in [5.41, 5.74) is 2.85. The number of aryl methyl sites for hydroxylation is 1. The Labute approximate surface area is 102 Å². The van der Waals surface area contributed by atoms with Crippen molar-refractivity contribution in [3.05, 3.63) is 35.4 Å². The van der Waals surface area contributed by atoms with Gasteiger partial charge in [-0.2, -0.15) is 0 Å². The predicted molar refractivity (Wildman–Crippen MR) is 71.9 cm³/mol. The Morgan fingerprint density at radius 2 is 2.00 bits per heavy atom. The molecule has 1 aromatic rings. The average Bonchev–Trinajstić information content (AvgIpc) is 2.31. The largest absolute Gasteiger partial charge is 0.375 e. The summed E-state index contributed by atoms with van der Waals surface area (Å²) in [6.07, 6.45) is 6.18. The molecule has 1 atom stereocenters. The van der Waals surface area contributed by atoms with E-state index < -0.39 is 0 Å². The van der Waals surface area contributed by atoms with Gasteiger partial charge in [-0.3, -0.25) is 0 Å². The summed E-state index contributed by atoms with van der Waals surface area (Å²) >= 11 is 0. The van der Waals surface area contributed by atoms with Crippen molar-refractivity contribution >= 4 is 10.2 Å². The topological polar surface area (TPSA) is 9.23 Å². The summed E-state index contributed by atoms with van der Waals surface area (Å²) in [5.74, 6) is 0. The molecule has 0 radical (unpaired) electrons. The highest BCUT2D eigenvalue weighted by atomic mass is 28.1. The van der Waals surface area contributed by atoms with Gasteiger partial charge in [-0.1, -0.05) is 37.6 Å². The summed E-state index contributed by atoms with van der Waals surface area (Å²) in [6, 6.07) is 9.11. The van der Waals surface area contributed by atoms with Gasteiger partial charge in [0.2, 0.25) is 0 Å². The third kappa shape index (κ3) is 2.55. The Bertz CT molecular complexity index is 325. The first kappa shape index (κ1) is 11.9. The molecule has 1 heterocycles. The lowest BCUT2D eigenvalue weighted by Crippen LogP contribution is -2.33. The monoisotopic (exact) mass is 234 g/mol. The second-order valence-electron chi connectivity index (χ2n) is 4.98. The maximum absolute atomic E-state index is 6.01. The van der Waals surface area contributed by atoms with Crippen molar-refractivity contribution in [2.45, 2.75) is 44.3 Å². The third-order valence-corrected chi connectivity index (χ3v) is 4.94. The quantitative estimate of drug-likeness (QED) is 0.730. The van der Waals surface area contributed by atoms with Gasteiger partial charge < -0.3 is 4.74 Å². The van der Waals surface area contributed by atoms with E-state index in [1.165, 1.54) is 43.2 Å². The molecule has 88 valence electrons. The van der Waals surface area contributed by atoms with Gasteiger partial charge in [-0.05, 0) is 36.8 Å². The molecule has 1 nitrogen and oxygen atoms in total. The van der Waals surface area contributed by atoms with E-state index in [9.17, 15) is 0 Å². The molecule has 1 aliphatic heterocycles. The number of hydrogen-bond acceptors (Lipinski definition) is 1. The van der Waals surface area contributed by atoms with Crippen molar-refractivity contribution in [1.29, 1.82) is 0 Å². The first-order valence-electron chi connectivity index (χ1n) is 6.48. The van der Waals surface area contributed by atoms with E-state index in [1.54, 1.807) is 0 Å². The molecule has 2 rings (SSSR count). The summed E-state index contributed by atoms with van der Waals surface area (Å²) < 4.78 is 6.01. The Morgan fingerprint density at radius 1 is 1.25 bits per heavy atom. The highest BCUT2D eigenvalue weighted by Crippen LogP contribution is 2.32. The molecule has 1 aromatic carbocycles. The molecule has 0 N–H and O–H groups in total. The molecular weight excluding hydrogens is 212 g/mol. The van der Waals surface area contributed by atoms with Crippen LogP contribution in [0.2, 0.25) is 0 Å². The van der Waals surface area contributed by atoms with Crippen LogP contribution < -0.4 is 0 Å². The lowest BCUT2D eigenvalue weighted by Gasteiger charge is -2.34. The van der Waals surface area contributed by atoms with Crippen LogP contribution in [0.1, 0.15) is 43.7 Å². The van der Waals surface area contributed by atoms with Crippen molar-refractivity contribution in [1.82, 2.24) is 0 Å². The standard InChI is InChI=1S/C14H22OSi/c1-2-5-12-6-8-13(9-7-12)14(16)10-3-4-11-15-14/h6-9H,2-5,10-11H2,1,16H3. The highest BCUT2D eigenvalue weighted by molar-refractivity contribution is 6.14. The smallest absolute Gasteiger partial charge is 0.0723 e. The number of benzene rings is 1. The van der Waals surface area contributed by atoms with Crippen molar-refractivity contribution in [3.8, 4) is 0 Å². The first-order valence-corrected chi connectivity index (χ1v) is 7.48. The number of ether oxygens (including phenoxy) is 1. The van der Waals surface area contributed by atoms with Gasteiger partial charge in [-0.15, -0.1) is 0 Å². The van der Waals surface area contributed by atoms with E-state index in [0.717, 1.165) is 16.8 Å². The fourth-order valence-electron chi connectivity index (χ4n) is 2.47. The van der Waals surface area contributed by atoms with Crippen molar-refractivity contribution in [2.24, 2.45) is 0 Å². The fraction of sp³-hybridized carbons (Fsp3) is 0.571. The number of rotatable bonds is 3. The predicted octanol–water partition coefficient (Wildman–Crippen LogP) is 2.36. The molecule has 2 heteroatoms. The maximum Gasteiger partial charge on any atom is 0.0723 e. The van der Waals surface area contributed by atoms with Gasteiger partial charge in [0.15, 0.2) is 0 Å². The molecule has 1 aliphatic rings. The minimum atomic E-state index is 0.100. The van der Waals surface area contributed by atoms with Gasteiger partial charge in [-0.25, -0.2) is 0 Å². The Balaban J connectivity index is 2.13. The van der Waals surface area contributed by atoms with Crippen molar-refractivity contribution in [2.75, 3.05) is 6.61 Å². The SMILES string of the molecule is CCCc1ccc(C2([SiH3])CCCCO2)cc1. The lowest BCUT2D eigenvalue weighted by molar-refractivity contribution is -0.0210. The van der Waals surface area contributed by atoms with Crippen LogP contribution in [0, 0.1) is 0 Å². The molecule has 0 aromatic heterocycles. The van der Waals surface area contributed by atoms with Crippen LogP contribution >= 0.6 is 0 Å². The first-order chi connectivity index (χ1) is 7.74. The normalized spacial score (nSPS) is 25.8. The molecule has 1 unspecified atom stereocenters. The summed E-state index contributed by atoms with van der Waals surface area (Å²) in [5, 5.41) is 0.100. The van der Waals surface area contributed by atoms with Gasteiger partial charge >= 0.3 is 0 Å². The van der Waals surface area contributed by atoms with E-state index in [0.29, 0.717) is 0 Å².